The van der Waals surface area contributed by atoms with Crippen molar-refractivity contribution in [2.75, 3.05) is 18.1 Å². The zero-order chi connectivity index (χ0) is 13.0. The van der Waals surface area contributed by atoms with Crippen molar-refractivity contribution in [2.24, 2.45) is 5.92 Å². The first-order valence-corrected chi connectivity index (χ1v) is 8.39. The number of nitrogens with one attached hydrogen (secondary N) is 1. The number of hydrogen-bond donors (Lipinski definition) is 2. The van der Waals surface area contributed by atoms with Gasteiger partial charge in [0, 0.05) is 12.7 Å². The van der Waals surface area contributed by atoms with E-state index < -0.39 is 10.0 Å². The van der Waals surface area contributed by atoms with Crippen molar-refractivity contribution in [2.45, 2.75) is 18.1 Å². The van der Waals surface area contributed by atoms with Crippen LogP contribution in [-0.2, 0) is 16.6 Å². The molecule has 0 radical (unpaired) electrons. The van der Waals surface area contributed by atoms with E-state index in [9.17, 15) is 8.42 Å². The molecule has 2 rings (SSSR count). The van der Waals surface area contributed by atoms with Gasteiger partial charge in [0.1, 0.15) is 0 Å². The number of pyridine rings is 1. The van der Waals surface area contributed by atoms with Gasteiger partial charge in [-0.15, -0.1) is 0 Å². The molecule has 0 aliphatic carbocycles. The fraction of sp³-hybridized carbons (Fsp3) is 0.545. The Bertz CT molecular complexity index is 482. The Morgan fingerprint density at radius 1 is 1.50 bits per heavy atom. The molecule has 1 unspecified atom stereocenters. The third kappa shape index (κ3) is 3.44. The van der Waals surface area contributed by atoms with E-state index in [1.807, 2.05) is 11.8 Å². The van der Waals surface area contributed by atoms with E-state index in [0.717, 1.165) is 17.9 Å². The third-order valence-corrected chi connectivity index (χ3v) is 5.41. The maximum atomic E-state index is 11.9. The van der Waals surface area contributed by atoms with E-state index in [4.69, 9.17) is 5.11 Å². The average Bonchev–Trinajstić information content (AvgIpc) is 2.90. The summed E-state index contributed by atoms with van der Waals surface area (Å²) in [6, 6.07) is 2.98. The summed E-state index contributed by atoms with van der Waals surface area (Å²) in [5.74, 6) is 2.54. The van der Waals surface area contributed by atoms with Gasteiger partial charge in [-0.3, -0.25) is 0 Å². The van der Waals surface area contributed by atoms with Crippen LogP contribution in [0.5, 0.6) is 0 Å². The summed E-state index contributed by atoms with van der Waals surface area (Å²) in [6.07, 6.45) is 2.43. The van der Waals surface area contributed by atoms with Gasteiger partial charge in [-0.1, -0.05) is 6.07 Å². The molecule has 1 aromatic rings. The molecular formula is C11H16N2O3S2. The van der Waals surface area contributed by atoms with E-state index >= 15 is 0 Å². The van der Waals surface area contributed by atoms with Crippen molar-refractivity contribution in [3.63, 3.8) is 0 Å². The van der Waals surface area contributed by atoms with E-state index in [2.05, 4.69) is 9.71 Å². The zero-order valence-corrected chi connectivity index (χ0v) is 11.5. The van der Waals surface area contributed by atoms with Crippen LogP contribution in [0.1, 0.15) is 12.0 Å². The Morgan fingerprint density at radius 2 is 2.33 bits per heavy atom. The zero-order valence-electron chi connectivity index (χ0n) is 9.87. The Kier molecular flexibility index (Phi) is 4.60. The number of nitrogens with zero attached hydrogens (tertiary/aromatic N) is 1. The van der Waals surface area contributed by atoms with Crippen LogP contribution < -0.4 is 4.72 Å². The molecule has 1 aromatic heterocycles. The lowest BCUT2D eigenvalue weighted by Crippen LogP contribution is -2.30. The number of rotatable bonds is 5. The fourth-order valence-electron chi connectivity index (χ4n) is 1.71. The van der Waals surface area contributed by atoms with Gasteiger partial charge < -0.3 is 5.11 Å². The lowest BCUT2D eigenvalue weighted by Gasteiger charge is -2.10. The lowest BCUT2D eigenvalue weighted by molar-refractivity contribution is 0.281. The molecule has 1 fully saturated rings. The summed E-state index contributed by atoms with van der Waals surface area (Å²) in [5, 5.41) is 8.88. The minimum absolute atomic E-state index is 0.00495. The number of sulfonamides is 1. The summed E-state index contributed by atoms with van der Waals surface area (Å²) in [6.45, 7) is 0.332. The summed E-state index contributed by atoms with van der Waals surface area (Å²) >= 11 is 1.86. The predicted octanol–water partition coefficient (Wildman–Crippen LogP) is 0.605. The van der Waals surface area contributed by atoms with Crippen LogP contribution in [0, 0.1) is 5.92 Å². The molecule has 0 bridgehead atoms. The molecule has 1 aliphatic rings. The monoisotopic (exact) mass is 288 g/mol. The minimum Gasteiger partial charge on any atom is -0.392 e. The van der Waals surface area contributed by atoms with Crippen LogP contribution >= 0.6 is 11.8 Å². The summed E-state index contributed by atoms with van der Waals surface area (Å²) in [7, 11) is -3.52. The highest BCUT2D eigenvalue weighted by Crippen LogP contribution is 2.22. The predicted molar refractivity (Wildman–Crippen MR) is 70.8 cm³/mol. The first kappa shape index (κ1) is 13.8. The summed E-state index contributed by atoms with van der Waals surface area (Å²) in [4.78, 5) is 3.85. The van der Waals surface area contributed by atoms with Gasteiger partial charge in [0.05, 0.1) is 6.61 Å². The van der Waals surface area contributed by atoms with Gasteiger partial charge in [-0.25, -0.2) is 18.1 Å². The summed E-state index contributed by atoms with van der Waals surface area (Å²) < 4.78 is 26.5. The van der Waals surface area contributed by atoms with E-state index in [1.165, 1.54) is 12.3 Å². The molecule has 5 nitrogen and oxygen atoms in total. The van der Waals surface area contributed by atoms with Gasteiger partial charge in [-0.05, 0) is 35.5 Å². The topological polar surface area (TPSA) is 79.3 Å². The van der Waals surface area contributed by atoms with Gasteiger partial charge in [0.25, 0.3) is 10.0 Å². The Labute approximate surface area is 111 Å². The first-order chi connectivity index (χ1) is 8.62. The van der Waals surface area contributed by atoms with Gasteiger partial charge in [-0.2, -0.15) is 11.8 Å². The summed E-state index contributed by atoms with van der Waals surface area (Å²) in [5.41, 5.74) is 0.598. The highest BCUT2D eigenvalue weighted by atomic mass is 32.2. The second kappa shape index (κ2) is 6.01. The number of aliphatic hydroxyl groups is 1. The van der Waals surface area contributed by atoms with Crippen molar-refractivity contribution in [3.8, 4) is 0 Å². The average molecular weight is 288 g/mol. The molecule has 0 aromatic carbocycles. The highest BCUT2D eigenvalue weighted by molar-refractivity contribution is 7.99. The van der Waals surface area contributed by atoms with Crippen LogP contribution in [0.2, 0.25) is 0 Å². The van der Waals surface area contributed by atoms with Crippen molar-refractivity contribution >= 4 is 21.8 Å². The fourth-order valence-corrected chi connectivity index (χ4v) is 4.04. The van der Waals surface area contributed by atoms with E-state index in [0.29, 0.717) is 18.0 Å². The Morgan fingerprint density at radius 3 is 2.89 bits per heavy atom. The van der Waals surface area contributed by atoms with Crippen LogP contribution in [0.3, 0.4) is 0 Å². The van der Waals surface area contributed by atoms with Gasteiger partial charge in [0.2, 0.25) is 0 Å². The van der Waals surface area contributed by atoms with Crippen LogP contribution in [0.4, 0.5) is 0 Å². The first-order valence-electron chi connectivity index (χ1n) is 5.75. The molecule has 0 spiro atoms. The number of hydrogen-bond acceptors (Lipinski definition) is 5. The van der Waals surface area contributed by atoms with Crippen LogP contribution in [0.25, 0.3) is 0 Å². The maximum absolute atomic E-state index is 11.9. The van der Waals surface area contributed by atoms with Crippen molar-refractivity contribution in [1.29, 1.82) is 0 Å². The number of aromatic nitrogens is 1. The number of aliphatic hydroxyl groups excluding tert-OH is 1. The van der Waals surface area contributed by atoms with Crippen LogP contribution in [-0.4, -0.2) is 36.6 Å². The molecule has 1 saturated heterocycles. The molecule has 18 heavy (non-hydrogen) atoms. The minimum atomic E-state index is -3.52. The SMILES string of the molecule is O=S(=O)(NCC1CCSC1)c1ccc(CO)cn1. The molecule has 0 saturated carbocycles. The molecule has 0 amide bonds. The number of thioether (sulfide) groups is 1. The molecule has 7 heteroatoms. The second-order valence-corrected chi connectivity index (χ2v) is 7.11. The Balaban J connectivity index is 2.00. The molecule has 1 atom stereocenters. The third-order valence-electron chi connectivity index (χ3n) is 2.84. The molecule has 1 aliphatic heterocycles. The lowest BCUT2D eigenvalue weighted by atomic mass is 10.1. The molecule has 100 valence electrons. The van der Waals surface area contributed by atoms with Gasteiger partial charge in [0.15, 0.2) is 5.03 Å². The molecular weight excluding hydrogens is 272 g/mol. The van der Waals surface area contributed by atoms with E-state index in [1.54, 1.807) is 6.07 Å². The van der Waals surface area contributed by atoms with E-state index in [-0.39, 0.29) is 11.6 Å². The maximum Gasteiger partial charge on any atom is 0.258 e. The van der Waals surface area contributed by atoms with Crippen molar-refractivity contribution in [3.05, 3.63) is 23.9 Å². The highest BCUT2D eigenvalue weighted by Gasteiger charge is 2.20. The normalized spacial score (nSPS) is 20.2. The van der Waals surface area contributed by atoms with Crippen molar-refractivity contribution in [1.82, 2.24) is 9.71 Å². The van der Waals surface area contributed by atoms with Gasteiger partial charge >= 0.3 is 0 Å². The quantitative estimate of drug-likeness (QED) is 0.829. The largest absolute Gasteiger partial charge is 0.392 e. The molecule has 2 N–H and O–H groups in total. The van der Waals surface area contributed by atoms with Crippen molar-refractivity contribution < 1.29 is 13.5 Å². The van der Waals surface area contributed by atoms with Crippen LogP contribution in [0.15, 0.2) is 23.4 Å². The smallest absolute Gasteiger partial charge is 0.258 e. The standard InChI is InChI=1S/C11H16N2O3S2/c14-7-9-1-2-11(12-5-9)18(15,16)13-6-10-3-4-17-8-10/h1-2,5,10,13-14H,3-4,6-8H2. The second-order valence-electron chi connectivity index (χ2n) is 4.24. The molecule has 2 heterocycles. The Hall–Kier alpha value is -0.630.